The van der Waals surface area contributed by atoms with Crippen LogP contribution < -0.4 is 9.46 Å². The molecule has 23 heavy (non-hydrogen) atoms. The van der Waals surface area contributed by atoms with E-state index in [2.05, 4.69) is 14.8 Å². The van der Waals surface area contributed by atoms with Crippen LogP contribution in [0.25, 0.3) is 0 Å². The first-order valence-corrected chi connectivity index (χ1v) is 8.91. The van der Waals surface area contributed by atoms with Gasteiger partial charge in [-0.15, -0.1) is 0 Å². The maximum Gasteiger partial charge on any atom is 0.209 e. The molecule has 2 aromatic rings. The summed E-state index contributed by atoms with van der Waals surface area (Å²) in [5.41, 5.74) is 1.01. The summed E-state index contributed by atoms with van der Waals surface area (Å²) in [6.45, 7) is 0.196. The third-order valence-electron chi connectivity index (χ3n) is 3.12. The van der Waals surface area contributed by atoms with Crippen molar-refractivity contribution < 1.29 is 18.3 Å². The van der Waals surface area contributed by atoms with Crippen LogP contribution >= 0.6 is 0 Å². The van der Waals surface area contributed by atoms with E-state index in [1.54, 1.807) is 7.11 Å². The van der Waals surface area contributed by atoms with Crippen LogP contribution in [0.2, 0.25) is 0 Å². The van der Waals surface area contributed by atoms with Gasteiger partial charge in [0.1, 0.15) is 11.6 Å². The molecule has 1 heterocycles. The third-order valence-corrected chi connectivity index (χ3v) is 3.79. The van der Waals surface area contributed by atoms with Crippen molar-refractivity contribution in [1.29, 1.82) is 0 Å². The number of nitrogens with zero attached hydrogens (tertiary/aromatic N) is 3. The Labute approximate surface area is 135 Å². The first-order valence-electron chi connectivity index (χ1n) is 7.02. The lowest BCUT2D eigenvalue weighted by Gasteiger charge is -2.03. The van der Waals surface area contributed by atoms with Crippen molar-refractivity contribution in [3.63, 3.8) is 0 Å². The number of nitrogens with one attached hydrogen (secondary N) is 1. The predicted octanol–water partition coefficient (Wildman–Crippen LogP) is -0.0810. The van der Waals surface area contributed by atoms with Crippen molar-refractivity contribution in [1.82, 2.24) is 19.5 Å². The number of hydrogen-bond acceptors (Lipinski definition) is 6. The molecule has 0 atom stereocenters. The van der Waals surface area contributed by atoms with E-state index in [1.165, 1.54) is 4.68 Å². The van der Waals surface area contributed by atoms with Crippen LogP contribution in [0.15, 0.2) is 24.3 Å². The molecule has 126 valence electrons. The molecular weight excluding hydrogens is 320 g/mol. The molecule has 1 aromatic carbocycles. The standard InChI is InChI=1S/C14H20N4O4S/c1-22-12-5-3-11(4-6-12)9-13-16-14(10-15-23(2,20)21)18(17-13)7-8-19/h3-6,15,19H,7-10H2,1-2H3. The first kappa shape index (κ1) is 17.4. The van der Waals surface area contributed by atoms with E-state index in [1.807, 2.05) is 24.3 Å². The summed E-state index contributed by atoms with van der Waals surface area (Å²) in [4.78, 5) is 4.35. The fraction of sp³-hybridized carbons (Fsp3) is 0.429. The molecule has 1 aromatic heterocycles. The van der Waals surface area contributed by atoms with Crippen LogP contribution in [-0.2, 0) is 29.5 Å². The van der Waals surface area contributed by atoms with Crippen molar-refractivity contribution >= 4 is 10.0 Å². The van der Waals surface area contributed by atoms with Gasteiger partial charge in [-0.25, -0.2) is 22.8 Å². The minimum atomic E-state index is -3.32. The van der Waals surface area contributed by atoms with Crippen molar-refractivity contribution in [2.45, 2.75) is 19.5 Å². The summed E-state index contributed by atoms with van der Waals surface area (Å²) in [6, 6.07) is 7.54. The van der Waals surface area contributed by atoms with Crippen molar-refractivity contribution in [3.8, 4) is 5.75 Å². The fourth-order valence-electron chi connectivity index (χ4n) is 2.03. The molecule has 8 nitrogen and oxygen atoms in total. The summed E-state index contributed by atoms with van der Waals surface area (Å²) < 4.78 is 31.4. The van der Waals surface area contributed by atoms with E-state index in [0.717, 1.165) is 17.6 Å². The monoisotopic (exact) mass is 340 g/mol. The normalized spacial score (nSPS) is 11.6. The molecule has 2 N–H and O–H groups in total. The Morgan fingerprint density at radius 3 is 2.57 bits per heavy atom. The third kappa shape index (κ3) is 5.31. The average Bonchev–Trinajstić information content (AvgIpc) is 2.87. The molecule has 0 bridgehead atoms. The van der Waals surface area contributed by atoms with Gasteiger partial charge in [-0.05, 0) is 17.7 Å². The number of aliphatic hydroxyl groups is 1. The number of aliphatic hydroxyl groups excluding tert-OH is 1. The lowest BCUT2D eigenvalue weighted by atomic mass is 10.1. The van der Waals surface area contributed by atoms with Crippen LogP contribution in [0, 0.1) is 0 Å². The van der Waals surface area contributed by atoms with Crippen molar-refractivity contribution in [2.75, 3.05) is 20.0 Å². The van der Waals surface area contributed by atoms with Crippen molar-refractivity contribution in [3.05, 3.63) is 41.5 Å². The van der Waals surface area contributed by atoms with Crippen LogP contribution in [0.3, 0.4) is 0 Å². The molecule has 0 aliphatic heterocycles. The number of ether oxygens (including phenoxy) is 1. The van der Waals surface area contributed by atoms with E-state index >= 15 is 0 Å². The number of benzene rings is 1. The van der Waals surface area contributed by atoms with Crippen LogP contribution in [-0.4, -0.2) is 48.3 Å². The van der Waals surface area contributed by atoms with Gasteiger partial charge >= 0.3 is 0 Å². The smallest absolute Gasteiger partial charge is 0.209 e. The first-order chi connectivity index (χ1) is 10.9. The number of methoxy groups -OCH3 is 1. The van der Waals surface area contributed by atoms with Gasteiger partial charge in [-0.3, -0.25) is 0 Å². The Balaban J connectivity index is 2.14. The van der Waals surface area contributed by atoms with Gasteiger partial charge < -0.3 is 9.84 Å². The highest BCUT2D eigenvalue weighted by molar-refractivity contribution is 7.88. The Kier molecular flexibility index (Phi) is 5.69. The zero-order valence-electron chi connectivity index (χ0n) is 13.1. The Morgan fingerprint density at radius 1 is 1.30 bits per heavy atom. The van der Waals surface area contributed by atoms with E-state index in [0.29, 0.717) is 18.1 Å². The summed E-state index contributed by atoms with van der Waals surface area (Å²) >= 11 is 0. The van der Waals surface area contributed by atoms with E-state index in [-0.39, 0.29) is 19.7 Å². The highest BCUT2D eigenvalue weighted by Gasteiger charge is 2.12. The minimum Gasteiger partial charge on any atom is -0.497 e. The Morgan fingerprint density at radius 2 is 2.00 bits per heavy atom. The second-order valence-corrected chi connectivity index (χ2v) is 6.84. The molecule has 0 radical (unpaired) electrons. The van der Waals surface area contributed by atoms with Gasteiger partial charge in [0, 0.05) is 6.42 Å². The molecule has 9 heteroatoms. The maximum absolute atomic E-state index is 11.2. The molecule has 0 spiro atoms. The molecule has 0 saturated heterocycles. The highest BCUT2D eigenvalue weighted by atomic mass is 32.2. The van der Waals surface area contributed by atoms with Crippen LogP contribution in [0.1, 0.15) is 17.2 Å². The Bertz CT molecular complexity index is 741. The summed E-state index contributed by atoms with van der Waals surface area (Å²) in [7, 11) is -1.71. The second kappa shape index (κ2) is 7.53. The molecule has 0 unspecified atom stereocenters. The minimum absolute atomic E-state index is 0.0362. The number of sulfonamides is 1. The van der Waals surface area contributed by atoms with Gasteiger partial charge in [-0.1, -0.05) is 12.1 Å². The van der Waals surface area contributed by atoms with Gasteiger partial charge in [0.2, 0.25) is 10.0 Å². The fourth-order valence-corrected chi connectivity index (χ4v) is 2.42. The lowest BCUT2D eigenvalue weighted by molar-refractivity contribution is 0.266. The molecular formula is C14H20N4O4S. The highest BCUT2D eigenvalue weighted by Crippen LogP contribution is 2.14. The van der Waals surface area contributed by atoms with Crippen LogP contribution in [0.5, 0.6) is 5.75 Å². The molecule has 0 fully saturated rings. The molecule has 2 rings (SSSR count). The van der Waals surface area contributed by atoms with Crippen LogP contribution in [0.4, 0.5) is 0 Å². The van der Waals surface area contributed by atoms with E-state index < -0.39 is 10.0 Å². The summed E-state index contributed by atoms with van der Waals surface area (Å²) in [6.07, 6.45) is 1.59. The van der Waals surface area contributed by atoms with Gasteiger partial charge in [-0.2, -0.15) is 5.10 Å². The molecule has 0 amide bonds. The number of aromatic nitrogens is 3. The molecule has 0 aliphatic carbocycles. The quantitative estimate of drug-likeness (QED) is 0.696. The largest absolute Gasteiger partial charge is 0.497 e. The predicted molar refractivity (Wildman–Crippen MR) is 84.6 cm³/mol. The second-order valence-electron chi connectivity index (χ2n) is 5.01. The SMILES string of the molecule is COc1ccc(Cc2nc(CNS(C)(=O)=O)n(CCO)n2)cc1. The van der Waals surface area contributed by atoms with Gasteiger partial charge in [0.15, 0.2) is 5.82 Å². The van der Waals surface area contributed by atoms with Gasteiger partial charge in [0.05, 0.1) is 33.1 Å². The Hall–Kier alpha value is -1.97. The maximum atomic E-state index is 11.2. The zero-order valence-corrected chi connectivity index (χ0v) is 13.9. The van der Waals surface area contributed by atoms with Crippen molar-refractivity contribution in [2.24, 2.45) is 0 Å². The lowest BCUT2D eigenvalue weighted by Crippen LogP contribution is -2.24. The number of rotatable bonds is 8. The molecule has 0 saturated carbocycles. The number of hydrogen-bond donors (Lipinski definition) is 2. The summed E-state index contributed by atoms with van der Waals surface area (Å²) in [5, 5.41) is 13.4. The van der Waals surface area contributed by atoms with E-state index in [9.17, 15) is 8.42 Å². The average molecular weight is 340 g/mol. The van der Waals surface area contributed by atoms with E-state index in [4.69, 9.17) is 9.84 Å². The summed E-state index contributed by atoms with van der Waals surface area (Å²) in [5.74, 6) is 1.80. The zero-order chi connectivity index (χ0) is 16.9. The molecule has 0 aliphatic rings. The van der Waals surface area contributed by atoms with Gasteiger partial charge in [0.25, 0.3) is 0 Å². The topological polar surface area (TPSA) is 106 Å².